The molecule has 0 fully saturated rings. The van der Waals surface area contributed by atoms with Crippen molar-refractivity contribution in [2.24, 2.45) is 0 Å². The van der Waals surface area contributed by atoms with Crippen LogP contribution in [-0.2, 0) is 0 Å². The Morgan fingerprint density at radius 2 is 1.41 bits per heavy atom. The van der Waals surface area contributed by atoms with E-state index in [1.54, 1.807) is 0 Å². The van der Waals surface area contributed by atoms with Gasteiger partial charge in [-0.1, -0.05) is 12.2 Å². The molecule has 2 rings (SSSR count). The van der Waals surface area contributed by atoms with E-state index in [0.29, 0.717) is 0 Å². The molecule has 0 saturated heterocycles. The zero-order chi connectivity index (χ0) is 12.1. The quantitative estimate of drug-likeness (QED) is 0.412. The Balaban J connectivity index is 2.53. The van der Waals surface area contributed by atoms with Gasteiger partial charge in [-0.15, -0.1) is 13.2 Å². The third-order valence-corrected chi connectivity index (χ3v) is 8.26. The van der Waals surface area contributed by atoms with Crippen LogP contribution in [0.15, 0.2) is 73.8 Å². The van der Waals surface area contributed by atoms with Gasteiger partial charge >= 0.3 is 0 Å². The first-order valence-corrected chi connectivity index (χ1v) is 8.41. The van der Waals surface area contributed by atoms with Gasteiger partial charge in [0.15, 0.2) is 0 Å². The van der Waals surface area contributed by atoms with E-state index in [9.17, 15) is 0 Å². The lowest BCUT2D eigenvalue weighted by Crippen LogP contribution is -2.56. The molecule has 0 atom stereocenters. The van der Waals surface area contributed by atoms with Crippen LogP contribution >= 0.6 is 0 Å². The third-order valence-electron chi connectivity index (χ3n) is 3.42. The maximum atomic E-state index is 3.95. The van der Waals surface area contributed by atoms with Gasteiger partial charge in [0.25, 0.3) is 0 Å². The van der Waals surface area contributed by atoms with Gasteiger partial charge in [0.1, 0.15) is 0 Å². The van der Waals surface area contributed by atoms with Gasteiger partial charge in [0.2, 0.25) is 0 Å². The van der Waals surface area contributed by atoms with E-state index in [0.717, 1.165) is 12.1 Å². The fourth-order valence-corrected chi connectivity index (χ4v) is 6.69. The Hall–Kier alpha value is -1.60. The van der Waals surface area contributed by atoms with E-state index in [1.807, 2.05) is 0 Å². The highest BCUT2D eigenvalue weighted by atomic mass is 28.3. The Morgan fingerprint density at radius 1 is 0.941 bits per heavy atom. The van der Waals surface area contributed by atoms with Crippen LogP contribution < -0.4 is 10.4 Å². The van der Waals surface area contributed by atoms with E-state index in [1.165, 1.54) is 10.4 Å². The first-order chi connectivity index (χ1) is 8.33. The molecular weight excluding hydrogens is 220 g/mol. The average molecular weight is 238 g/mol. The summed E-state index contributed by atoms with van der Waals surface area (Å²) in [6.45, 7) is 7.90. The van der Waals surface area contributed by atoms with Crippen molar-refractivity contribution in [3.8, 4) is 0 Å². The second-order valence-electron chi connectivity index (χ2n) is 4.41. The van der Waals surface area contributed by atoms with Gasteiger partial charge in [-0.25, -0.2) is 24.3 Å². The number of rotatable bonds is 6. The van der Waals surface area contributed by atoms with Crippen LogP contribution in [0.1, 0.15) is 0 Å². The van der Waals surface area contributed by atoms with Crippen molar-refractivity contribution in [3.05, 3.63) is 73.8 Å². The Kier molecular flexibility index (Phi) is 3.60. The van der Waals surface area contributed by atoms with Crippen LogP contribution in [0.4, 0.5) is 0 Å². The fourth-order valence-electron chi connectivity index (χ4n) is 2.60. The molecule has 0 aliphatic rings. The molecule has 0 unspecified atom stereocenters. The van der Waals surface area contributed by atoms with Gasteiger partial charge in [0.05, 0.1) is 8.07 Å². The van der Waals surface area contributed by atoms with Crippen LogP contribution in [0.3, 0.4) is 0 Å². The summed E-state index contributed by atoms with van der Waals surface area (Å²) in [6.07, 6.45) is 4.13. The number of hydrogen-bond acceptors (Lipinski definition) is 0. The third kappa shape index (κ3) is 2.11. The zero-order valence-corrected chi connectivity index (χ0v) is 11.1. The van der Waals surface area contributed by atoms with E-state index < -0.39 is 8.07 Å². The Morgan fingerprint density at radius 3 is 1.71 bits per heavy atom. The van der Waals surface area contributed by atoms with Gasteiger partial charge in [-0.2, -0.15) is 34.6 Å². The molecule has 2 aromatic rings. The monoisotopic (exact) mass is 238 g/mol. The van der Waals surface area contributed by atoms with Gasteiger partial charge < -0.3 is 0 Å². The van der Waals surface area contributed by atoms with E-state index in [4.69, 9.17) is 0 Å². The van der Waals surface area contributed by atoms with Gasteiger partial charge in [-0.3, -0.25) is 0 Å². The minimum absolute atomic E-state index is 1.08. The van der Waals surface area contributed by atoms with Crippen LogP contribution in [-0.4, -0.2) is 8.07 Å². The molecule has 0 aromatic heterocycles. The molecule has 0 heterocycles. The summed E-state index contributed by atoms with van der Waals surface area (Å²) >= 11 is 0. The Labute approximate surface area is 105 Å². The fraction of sp³-hybridized carbons (Fsp3) is 0.125. The highest BCUT2D eigenvalue weighted by Gasteiger charge is 2.28. The predicted molar refractivity (Wildman–Crippen MR) is 79.1 cm³/mol. The molecule has 0 aliphatic heterocycles. The summed E-state index contributed by atoms with van der Waals surface area (Å²) < 4.78 is 0. The lowest BCUT2D eigenvalue weighted by molar-refractivity contribution is 1.49. The standard InChI is InChI=1S/C16H18Si/c1-3-13-17(14-4-2,15-9-5-6-10-15)16-11-7-8-12-16/h3-12H,1-2,13-14H2/q-2. The lowest BCUT2D eigenvalue weighted by atomic mass is 10.6. The smallest absolute Gasteiger partial charge is 0.0736 e. The van der Waals surface area contributed by atoms with Crippen molar-refractivity contribution in [3.63, 3.8) is 0 Å². The molecule has 1 heteroatoms. The minimum Gasteiger partial charge on any atom is -0.214 e. The summed E-state index contributed by atoms with van der Waals surface area (Å²) in [5, 5.41) is 2.98. The molecule has 0 nitrogen and oxygen atoms in total. The number of hydrogen-bond donors (Lipinski definition) is 0. The molecule has 88 valence electrons. The van der Waals surface area contributed by atoms with Crippen LogP contribution in [0, 0.1) is 0 Å². The molecule has 0 amide bonds. The van der Waals surface area contributed by atoms with Crippen LogP contribution in [0.5, 0.6) is 0 Å². The van der Waals surface area contributed by atoms with Gasteiger partial charge in [0, 0.05) is 0 Å². The zero-order valence-electron chi connectivity index (χ0n) is 10.1. The molecular formula is C16H18Si-2. The summed E-state index contributed by atoms with van der Waals surface area (Å²) in [6, 6.07) is 19.7. The van der Waals surface area contributed by atoms with Crippen molar-refractivity contribution in [2.75, 3.05) is 0 Å². The molecule has 0 radical (unpaired) electrons. The highest BCUT2D eigenvalue weighted by Crippen LogP contribution is 2.18. The summed E-state index contributed by atoms with van der Waals surface area (Å²) in [5.74, 6) is 0. The summed E-state index contributed by atoms with van der Waals surface area (Å²) in [5.41, 5.74) is 0. The van der Waals surface area contributed by atoms with Crippen LogP contribution in [0.2, 0.25) is 12.1 Å². The van der Waals surface area contributed by atoms with Gasteiger partial charge in [-0.05, 0) is 12.1 Å². The SMILES string of the molecule is C=CC[Si](CC=C)(c1ccc[cH-]1)c1ccc[cH-]1. The van der Waals surface area contributed by atoms with Crippen LogP contribution in [0.25, 0.3) is 0 Å². The highest BCUT2D eigenvalue weighted by molar-refractivity contribution is 7.02. The number of allylic oxidation sites excluding steroid dienone is 2. The van der Waals surface area contributed by atoms with E-state index >= 15 is 0 Å². The molecule has 17 heavy (non-hydrogen) atoms. The van der Waals surface area contributed by atoms with Crippen molar-refractivity contribution in [1.29, 1.82) is 0 Å². The Bertz CT molecular complexity index is 413. The molecule has 0 bridgehead atoms. The second kappa shape index (κ2) is 5.15. The van der Waals surface area contributed by atoms with E-state index in [2.05, 4.69) is 73.8 Å². The largest absolute Gasteiger partial charge is 0.214 e. The average Bonchev–Trinajstić information content (AvgIpc) is 3.02. The summed E-state index contributed by atoms with van der Waals surface area (Å²) in [7, 11) is -1.68. The lowest BCUT2D eigenvalue weighted by Gasteiger charge is -2.36. The predicted octanol–water partition coefficient (Wildman–Crippen LogP) is 3.06. The first kappa shape index (κ1) is 11.9. The molecule has 2 aromatic carbocycles. The normalized spacial score (nSPS) is 11.3. The molecule has 0 N–H and O–H groups in total. The van der Waals surface area contributed by atoms with Crippen molar-refractivity contribution >= 4 is 18.4 Å². The second-order valence-corrected chi connectivity index (χ2v) is 8.55. The molecule has 0 aliphatic carbocycles. The molecule has 0 saturated carbocycles. The minimum atomic E-state index is -1.68. The topological polar surface area (TPSA) is 0 Å². The van der Waals surface area contributed by atoms with Crippen molar-refractivity contribution < 1.29 is 0 Å². The van der Waals surface area contributed by atoms with Crippen molar-refractivity contribution in [1.82, 2.24) is 0 Å². The maximum Gasteiger partial charge on any atom is 0.0736 e. The maximum absolute atomic E-state index is 3.95. The first-order valence-electron chi connectivity index (χ1n) is 5.99. The van der Waals surface area contributed by atoms with E-state index in [-0.39, 0.29) is 0 Å². The summed E-state index contributed by atoms with van der Waals surface area (Å²) in [4.78, 5) is 0. The van der Waals surface area contributed by atoms with Crippen molar-refractivity contribution in [2.45, 2.75) is 12.1 Å². The molecule has 0 spiro atoms.